The van der Waals surface area contributed by atoms with Gasteiger partial charge >= 0.3 is 0 Å². The normalized spacial score (nSPS) is 11.9. The summed E-state index contributed by atoms with van der Waals surface area (Å²) in [5.41, 5.74) is 2.73. The summed E-state index contributed by atoms with van der Waals surface area (Å²) >= 11 is 7.71. The monoisotopic (exact) mass is 404 g/mol. The molecule has 0 aliphatic carbocycles. The molecule has 4 nitrogen and oxygen atoms in total. The molecule has 2 aromatic carbocycles. The molecular weight excluding hydrogens is 380 g/mol. The first kappa shape index (κ1) is 21.3. The molecule has 1 atom stereocenters. The molecule has 0 aromatic heterocycles. The van der Waals surface area contributed by atoms with Crippen molar-refractivity contribution in [3.63, 3.8) is 0 Å². The highest BCUT2D eigenvalue weighted by atomic mass is 35.5. The maximum Gasteiger partial charge on any atom is 0.243 e. The number of hydrogen-bond acceptors (Lipinski definition) is 3. The number of halogens is 1. The van der Waals surface area contributed by atoms with Crippen LogP contribution < -0.4 is 10.6 Å². The number of amides is 2. The number of carbonyl (C=O) groups is 2. The summed E-state index contributed by atoms with van der Waals surface area (Å²) in [5, 5.41) is 5.72. The van der Waals surface area contributed by atoms with Crippen molar-refractivity contribution in [2.45, 2.75) is 31.8 Å². The van der Waals surface area contributed by atoms with Crippen LogP contribution in [0, 0.1) is 12.8 Å². The van der Waals surface area contributed by atoms with E-state index in [1.807, 2.05) is 57.2 Å². The van der Waals surface area contributed by atoms with Crippen molar-refractivity contribution in [2.75, 3.05) is 11.9 Å². The van der Waals surface area contributed by atoms with Crippen molar-refractivity contribution in [1.29, 1.82) is 0 Å². The first-order valence-electron chi connectivity index (χ1n) is 8.86. The maximum absolute atomic E-state index is 12.5. The van der Waals surface area contributed by atoms with Gasteiger partial charge in [-0.15, -0.1) is 11.8 Å². The van der Waals surface area contributed by atoms with Gasteiger partial charge < -0.3 is 10.6 Å². The molecule has 0 radical (unpaired) electrons. The van der Waals surface area contributed by atoms with Crippen LogP contribution in [-0.4, -0.2) is 23.6 Å². The van der Waals surface area contributed by atoms with Crippen molar-refractivity contribution in [3.8, 4) is 0 Å². The van der Waals surface area contributed by atoms with Crippen LogP contribution in [0.2, 0.25) is 5.02 Å². The number of anilines is 1. The Morgan fingerprint density at radius 1 is 1.11 bits per heavy atom. The fraction of sp³-hybridized carbons (Fsp3) is 0.333. The Morgan fingerprint density at radius 2 is 1.81 bits per heavy atom. The fourth-order valence-corrected chi connectivity index (χ4v) is 3.98. The van der Waals surface area contributed by atoms with Gasteiger partial charge in [-0.05, 0) is 36.1 Å². The predicted molar refractivity (Wildman–Crippen MR) is 114 cm³/mol. The molecule has 0 saturated carbocycles. The average Bonchev–Trinajstić information content (AvgIpc) is 2.63. The molecule has 0 heterocycles. The quantitative estimate of drug-likeness (QED) is 0.672. The molecular formula is C21H25ClN2O2S. The summed E-state index contributed by atoms with van der Waals surface area (Å²) in [7, 11) is 0. The lowest BCUT2D eigenvalue weighted by Crippen LogP contribution is -2.40. The number of thioether (sulfide) groups is 1. The predicted octanol–water partition coefficient (Wildman–Crippen LogP) is 4.66. The van der Waals surface area contributed by atoms with Crippen LogP contribution in [0.25, 0.3) is 0 Å². The second kappa shape index (κ2) is 10.4. The van der Waals surface area contributed by atoms with Crippen LogP contribution in [0.15, 0.2) is 48.5 Å². The van der Waals surface area contributed by atoms with Gasteiger partial charge in [0.05, 0.1) is 22.5 Å². The van der Waals surface area contributed by atoms with Gasteiger partial charge in [0.2, 0.25) is 11.8 Å². The second-order valence-electron chi connectivity index (χ2n) is 6.71. The highest BCUT2D eigenvalue weighted by Crippen LogP contribution is 2.24. The lowest BCUT2D eigenvalue weighted by molar-refractivity contribution is -0.124. The number of benzene rings is 2. The molecule has 2 rings (SSSR count). The van der Waals surface area contributed by atoms with Gasteiger partial charge in [0, 0.05) is 5.75 Å². The highest BCUT2D eigenvalue weighted by Gasteiger charge is 2.23. The summed E-state index contributed by atoms with van der Waals surface area (Å²) in [6.07, 6.45) is 0. The van der Waals surface area contributed by atoms with E-state index in [9.17, 15) is 9.59 Å². The Bertz CT molecular complexity index is 781. The topological polar surface area (TPSA) is 58.2 Å². The molecule has 0 aliphatic heterocycles. The minimum atomic E-state index is -0.301. The number of nitrogens with one attached hydrogen (secondary N) is 2. The van der Waals surface area contributed by atoms with E-state index >= 15 is 0 Å². The van der Waals surface area contributed by atoms with Gasteiger partial charge in [-0.25, -0.2) is 0 Å². The largest absolute Gasteiger partial charge is 0.346 e. The van der Waals surface area contributed by atoms with Crippen LogP contribution in [-0.2, 0) is 15.3 Å². The van der Waals surface area contributed by atoms with Crippen molar-refractivity contribution in [2.24, 2.45) is 5.92 Å². The van der Waals surface area contributed by atoms with Gasteiger partial charge in [-0.1, -0.05) is 61.8 Å². The first-order chi connectivity index (χ1) is 12.9. The Labute approximate surface area is 170 Å². The highest BCUT2D eigenvalue weighted by molar-refractivity contribution is 7.99. The third-order valence-corrected chi connectivity index (χ3v) is 5.89. The van der Waals surface area contributed by atoms with Crippen LogP contribution in [0.4, 0.5) is 5.69 Å². The standard InChI is InChI=1S/C21H25ClN2O2S/c1-14(2)20(27-13-16-7-5-4-6-8-16)21(26)23-12-19(25)24-18-10-9-15(3)11-17(18)22/h4-11,14,20H,12-13H2,1-3H3,(H,23,26)(H,24,25). The molecule has 1 unspecified atom stereocenters. The van der Waals surface area contributed by atoms with E-state index in [-0.39, 0.29) is 29.5 Å². The van der Waals surface area contributed by atoms with E-state index in [2.05, 4.69) is 10.6 Å². The zero-order chi connectivity index (χ0) is 19.8. The SMILES string of the molecule is Cc1ccc(NC(=O)CNC(=O)C(SCc2ccccc2)C(C)C)c(Cl)c1. The molecule has 0 saturated heterocycles. The average molecular weight is 405 g/mol. The maximum atomic E-state index is 12.5. The molecule has 6 heteroatoms. The lowest BCUT2D eigenvalue weighted by Gasteiger charge is -2.20. The van der Waals surface area contributed by atoms with E-state index in [1.165, 1.54) is 5.56 Å². The lowest BCUT2D eigenvalue weighted by atomic mass is 10.1. The number of carbonyl (C=O) groups excluding carboxylic acids is 2. The van der Waals surface area contributed by atoms with Gasteiger partial charge in [-0.2, -0.15) is 0 Å². The van der Waals surface area contributed by atoms with Crippen molar-refractivity contribution in [3.05, 3.63) is 64.7 Å². The van der Waals surface area contributed by atoms with E-state index in [0.29, 0.717) is 10.7 Å². The fourth-order valence-electron chi connectivity index (χ4n) is 2.52. The van der Waals surface area contributed by atoms with Crippen LogP contribution >= 0.6 is 23.4 Å². The third kappa shape index (κ3) is 6.92. The number of rotatable bonds is 8. The third-order valence-electron chi connectivity index (χ3n) is 3.96. The minimum Gasteiger partial charge on any atom is -0.346 e. The Hall–Kier alpha value is -1.98. The minimum absolute atomic E-state index is 0.0852. The van der Waals surface area contributed by atoms with Crippen LogP contribution in [0.5, 0.6) is 0 Å². The number of aryl methyl sites for hydroxylation is 1. The molecule has 144 valence electrons. The Balaban J connectivity index is 1.86. The molecule has 2 N–H and O–H groups in total. The summed E-state index contributed by atoms with van der Waals surface area (Å²) in [6, 6.07) is 15.4. The number of hydrogen-bond donors (Lipinski definition) is 2. The summed E-state index contributed by atoms with van der Waals surface area (Å²) in [5.74, 6) is 0.483. The molecule has 27 heavy (non-hydrogen) atoms. The van der Waals surface area contributed by atoms with E-state index < -0.39 is 0 Å². The molecule has 2 aromatic rings. The van der Waals surface area contributed by atoms with Gasteiger partial charge in [0.15, 0.2) is 0 Å². The summed E-state index contributed by atoms with van der Waals surface area (Å²) in [6.45, 7) is 5.86. The van der Waals surface area contributed by atoms with Crippen molar-refractivity contribution >= 4 is 40.9 Å². The van der Waals surface area contributed by atoms with E-state index in [4.69, 9.17) is 11.6 Å². The summed E-state index contributed by atoms with van der Waals surface area (Å²) < 4.78 is 0. The van der Waals surface area contributed by atoms with E-state index in [1.54, 1.807) is 23.9 Å². The van der Waals surface area contributed by atoms with Gasteiger partial charge in [0.1, 0.15) is 0 Å². The Kier molecular flexibility index (Phi) is 8.20. The van der Waals surface area contributed by atoms with Gasteiger partial charge in [-0.3, -0.25) is 9.59 Å². The van der Waals surface area contributed by atoms with Crippen molar-refractivity contribution in [1.82, 2.24) is 5.32 Å². The van der Waals surface area contributed by atoms with Crippen LogP contribution in [0.1, 0.15) is 25.0 Å². The zero-order valence-electron chi connectivity index (χ0n) is 15.8. The second-order valence-corrected chi connectivity index (χ2v) is 8.25. The molecule has 2 amide bonds. The van der Waals surface area contributed by atoms with Gasteiger partial charge in [0.25, 0.3) is 0 Å². The molecule has 0 fully saturated rings. The summed E-state index contributed by atoms with van der Waals surface area (Å²) in [4.78, 5) is 24.7. The zero-order valence-corrected chi connectivity index (χ0v) is 17.4. The molecule has 0 spiro atoms. The van der Waals surface area contributed by atoms with E-state index in [0.717, 1.165) is 11.3 Å². The van der Waals surface area contributed by atoms with Crippen molar-refractivity contribution < 1.29 is 9.59 Å². The molecule has 0 bridgehead atoms. The smallest absolute Gasteiger partial charge is 0.243 e. The first-order valence-corrected chi connectivity index (χ1v) is 10.3. The molecule has 0 aliphatic rings. The Morgan fingerprint density at radius 3 is 2.44 bits per heavy atom. The van der Waals surface area contributed by atoms with Crippen LogP contribution in [0.3, 0.4) is 0 Å².